The number of thioether (sulfide) groups is 1. The van der Waals surface area contributed by atoms with Crippen LogP contribution in [0.4, 0.5) is 9.93 Å². The van der Waals surface area contributed by atoms with E-state index < -0.39 is 23.4 Å². The number of imide groups is 1. The number of hydrazine groups is 1. The van der Waals surface area contributed by atoms with Gasteiger partial charge in [0, 0.05) is 6.04 Å². The number of carbonyl (C=O) groups excluding carboxylic acids is 3. The largest absolute Gasteiger partial charge is 0.357 e. The van der Waals surface area contributed by atoms with Crippen molar-refractivity contribution < 1.29 is 14.4 Å². The van der Waals surface area contributed by atoms with E-state index in [1.807, 2.05) is 0 Å². The Balaban J connectivity index is 1.49. The summed E-state index contributed by atoms with van der Waals surface area (Å²) in [5.74, 6) is -0.867. The Morgan fingerprint density at radius 2 is 2.21 bits per heavy atom. The summed E-state index contributed by atoms with van der Waals surface area (Å²) in [6.07, 6.45) is 2.74. The van der Waals surface area contributed by atoms with Crippen LogP contribution in [0.2, 0.25) is 0 Å². The van der Waals surface area contributed by atoms with Crippen molar-refractivity contribution in [2.45, 2.75) is 49.0 Å². The smallest absolute Gasteiger partial charge is 0.344 e. The molecule has 130 valence electrons. The molecule has 3 rings (SSSR count). The van der Waals surface area contributed by atoms with Crippen molar-refractivity contribution in [2.24, 2.45) is 0 Å². The molecular weight excluding hydrogens is 352 g/mol. The number of aromatic nitrogens is 2. The van der Waals surface area contributed by atoms with Crippen molar-refractivity contribution in [1.29, 1.82) is 0 Å². The average Bonchev–Trinajstić information content (AvgIpc) is 3.20. The Morgan fingerprint density at radius 3 is 2.83 bits per heavy atom. The van der Waals surface area contributed by atoms with Gasteiger partial charge >= 0.3 is 6.03 Å². The van der Waals surface area contributed by atoms with Gasteiger partial charge in [-0.2, -0.15) is 5.01 Å². The van der Waals surface area contributed by atoms with Gasteiger partial charge in [-0.25, -0.2) is 4.79 Å². The maximum atomic E-state index is 12.2. The van der Waals surface area contributed by atoms with E-state index in [1.165, 1.54) is 23.1 Å². The summed E-state index contributed by atoms with van der Waals surface area (Å²) in [6, 6.07) is -0.124. The van der Waals surface area contributed by atoms with Crippen LogP contribution in [0.1, 0.15) is 33.1 Å². The molecule has 0 unspecified atom stereocenters. The second-order valence-electron chi connectivity index (χ2n) is 5.87. The maximum Gasteiger partial charge on any atom is 0.344 e. The van der Waals surface area contributed by atoms with Crippen molar-refractivity contribution >= 4 is 46.1 Å². The van der Waals surface area contributed by atoms with Gasteiger partial charge in [0.05, 0.1) is 5.75 Å². The molecule has 1 saturated carbocycles. The Morgan fingerprint density at radius 1 is 1.46 bits per heavy atom. The Hall–Kier alpha value is -1.88. The van der Waals surface area contributed by atoms with Crippen molar-refractivity contribution in [2.75, 3.05) is 11.1 Å². The highest BCUT2D eigenvalue weighted by Gasteiger charge is 2.47. The fourth-order valence-corrected chi connectivity index (χ4v) is 3.66. The lowest BCUT2D eigenvalue weighted by atomic mass is 10.00. The third-order valence-electron chi connectivity index (χ3n) is 3.84. The molecule has 0 bridgehead atoms. The molecule has 1 aromatic heterocycles. The summed E-state index contributed by atoms with van der Waals surface area (Å²) in [7, 11) is 0. The van der Waals surface area contributed by atoms with E-state index in [9.17, 15) is 14.4 Å². The quantitative estimate of drug-likeness (QED) is 0.483. The fourth-order valence-electron chi connectivity index (χ4n) is 2.04. The van der Waals surface area contributed by atoms with Crippen LogP contribution in [0.3, 0.4) is 0 Å². The van der Waals surface area contributed by atoms with Gasteiger partial charge in [0.2, 0.25) is 11.0 Å². The predicted molar refractivity (Wildman–Crippen MR) is 89.5 cm³/mol. The van der Waals surface area contributed by atoms with E-state index in [1.54, 1.807) is 13.8 Å². The van der Waals surface area contributed by atoms with Crippen LogP contribution >= 0.6 is 23.1 Å². The summed E-state index contributed by atoms with van der Waals surface area (Å²) in [5, 5.41) is 15.3. The first-order valence-electron chi connectivity index (χ1n) is 7.60. The number of carbonyl (C=O) groups is 3. The summed E-state index contributed by atoms with van der Waals surface area (Å²) in [4.78, 5) is 36.0. The zero-order chi connectivity index (χ0) is 17.3. The number of anilines is 1. The third-order valence-corrected chi connectivity index (χ3v) is 5.83. The highest BCUT2D eigenvalue weighted by Crippen LogP contribution is 2.30. The average molecular weight is 370 g/mol. The van der Waals surface area contributed by atoms with Gasteiger partial charge in [0.1, 0.15) is 5.54 Å². The number of nitrogens with one attached hydrogen (secondary N) is 3. The molecule has 1 aliphatic heterocycles. The standard InChI is InChI=1S/C13H18N6O3S2/c1-3-13(2)9(21)19(11(22)15-13)18-8(20)6-23-12-17-16-10(24-12)14-7-4-5-7/h7H,3-6H2,1-2H3,(H,14,16)(H,15,22)(H,18,20)/t13-/m1/s1. The number of hydrogen-bond donors (Lipinski definition) is 3. The Bertz CT molecular complexity index is 676. The second kappa shape index (κ2) is 6.55. The van der Waals surface area contributed by atoms with Crippen LogP contribution in [-0.4, -0.2) is 50.4 Å². The summed E-state index contributed by atoms with van der Waals surface area (Å²) in [6.45, 7) is 3.42. The molecule has 1 saturated heterocycles. The number of hydrogen-bond acceptors (Lipinski definition) is 8. The lowest BCUT2D eigenvalue weighted by Gasteiger charge is -2.19. The first-order valence-corrected chi connectivity index (χ1v) is 9.40. The molecule has 1 aromatic rings. The van der Waals surface area contributed by atoms with Gasteiger partial charge in [-0.1, -0.05) is 30.0 Å². The van der Waals surface area contributed by atoms with E-state index in [2.05, 4.69) is 26.3 Å². The highest BCUT2D eigenvalue weighted by atomic mass is 32.2. The van der Waals surface area contributed by atoms with Crippen LogP contribution in [0.15, 0.2) is 4.34 Å². The molecule has 4 amide bonds. The molecular formula is C13H18N6O3S2. The second-order valence-corrected chi connectivity index (χ2v) is 8.07. The van der Waals surface area contributed by atoms with Gasteiger partial charge < -0.3 is 10.6 Å². The van der Waals surface area contributed by atoms with Gasteiger partial charge in [0.25, 0.3) is 5.91 Å². The van der Waals surface area contributed by atoms with Crippen molar-refractivity contribution in [3.8, 4) is 0 Å². The molecule has 2 heterocycles. The van der Waals surface area contributed by atoms with Gasteiger partial charge in [-0.15, -0.1) is 10.2 Å². The summed E-state index contributed by atoms with van der Waals surface area (Å²) in [5.41, 5.74) is 1.37. The van der Waals surface area contributed by atoms with Crippen LogP contribution in [0, 0.1) is 0 Å². The minimum absolute atomic E-state index is 0.0396. The van der Waals surface area contributed by atoms with E-state index in [4.69, 9.17) is 0 Å². The molecule has 0 radical (unpaired) electrons. The van der Waals surface area contributed by atoms with Gasteiger partial charge in [-0.3, -0.25) is 15.0 Å². The SMILES string of the molecule is CC[C@@]1(C)NC(=O)N(NC(=O)CSc2nnc(NC3CC3)s2)C1=O. The van der Waals surface area contributed by atoms with E-state index in [-0.39, 0.29) is 5.75 Å². The predicted octanol–water partition coefficient (Wildman–Crippen LogP) is 0.956. The minimum atomic E-state index is -0.972. The van der Waals surface area contributed by atoms with E-state index >= 15 is 0 Å². The highest BCUT2D eigenvalue weighted by molar-refractivity contribution is 8.01. The molecule has 11 heteroatoms. The summed E-state index contributed by atoms with van der Waals surface area (Å²) >= 11 is 2.59. The molecule has 0 spiro atoms. The number of urea groups is 1. The van der Waals surface area contributed by atoms with Crippen molar-refractivity contribution in [1.82, 2.24) is 25.9 Å². The monoisotopic (exact) mass is 370 g/mol. The summed E-state index contributed by atoms with van der Waals surface area (Å²) < 4.78 is 0.656. The zero-order valence-electron chi connectivity index (χ0n) is 13.3. The molecule has 24 heavy (non-hydrogen) atoms. The molecule has 0 aromatic carbocycles. The topological polar surface area (TPSA) is 116 Å². The van der Waals surface area contributed by atoms with Gasteiger partial charge in [-0.05, 0) is 26.2 Å². The lowest BCUT2D eigenvalue weighted by molar-refractivity contribution is -0.137. The first kappa shape index (κ1) is 17.0. The van der Waals surface area contributed by atoms with Crippen LogP contribution in [0.25, 0.3) is 0 Å². The number of amides is 4. The zero-order valence-corrected chi connectivity index (χ0v) is 14.9. The van der Waals surface area contributed by atoms with Gasteiger partial charge in [0.15, 0.2) is 4.34 Å². The van der Waals surface area contributed by atoms with Crippen LogP contribution < -0.4 is 16.1 Å². The number of rotatable bonds is 7. The van der Waals surface area contributed by atoms with E-state index in [0.29, 0.717) is 16.8 Å². The molecule has 2 aliphatic rings. The first-order chi connectivity index (χ1) is 11.4. The van der Waals surface area contributed by atoms with Crippen molar-refractivity contribution in [3.05, 3.63) is 0 Å². The molecule has 3 N–H and O–H groups in total. The lowest BCUT2D eigenvalue weighted by Crippen LogP contribution is -2.49. The Labute approximate surface area is 146 Å². The third kappa shape index (κ3) is 3.61. The van der Waals surface area contributed by atoms with Crippen LogP contribution in [-0.2, 0) is 9.59 Å². The van der Waals surface area contributed by atoms with Crippen molar-refractivity contribution in [3.63, 3.8) is 0 Å². The molecule has 1 atom stereocenters. The Kier molecular flexibility index (Phi) is 4.63. The molecule has 1 aliphatic carbocycles. The normalized spacial score (nSPS) is 23.3. The van der Waals surface area contributed by atoms with Crippen LogP contribution in [0.5, 0.6) is 0 Å². The fraction of sp³-hybridized carbons (Fsp3) is 0.615. The molecule has 2 fully saturated rings. The minimum Gasteiger partial charge on any atom is -0.357 e. The maximum absolute atomic E-state index is 12.2. The molecule has 9 nitrogen and oxygen atoms in total. The van der Waals surface area contributed by atoms with E-state index in [0.717, 1.165) is 23.0 Å². The number of nitrogens with zero attached hydrogens (tertiary/aromatic N) is 3.